The molecule has 0 amide bonds. The summed E-state index contributed by atoms with van der Waals surface area (Å²) in [5.41, 5.74) is 0. The van der Waals surface area contributed by atoms with Crippen LogP contribution in [-0.4, -0.2) is 42.4 Å². The van der Waals surface area contributed by atoms with E-state index in [1.54, 1.807) is 0 Å². The SMILES string of the molecule is CCCCCC[N+](CCCC)(CCCCO)CCCCCC.[Cl-]. The molecule has 0 atom stereocenters. The number of hydrogen-bond acceptors (Lipinski definition) is 1. The maximum atomic E-state index is 9.12. The molecule has 0 unspecified atom stereocenters. The Kier molecular flexibility index (Phi) is 20.5. The summed E-state index contributed by atoms with van der Waals surface area (Å²) < 4.78 is 1.33. The van der Waals surface area contributed by atoms with Crippen LogP contribution in [0.5, 0.6) is 0 Å². The summed E-state index contributed by atoms with van der Waals surface area (Å²) in [4.78, 5) is 0. The van der Waals surface area contributed by atoms with Crippen LogP contribution < -0.4 is 12.4 Å². The van der Waals surface area contributed by atoms with Crippen LogP contribution in [0, 0.1) is 0 Å². The fourth-order valence-corrected chi connectivity index (χ4v) is 3.47. The summed E-state index contributed by atoms with van der Waals surface area (Å²) in [7, 11) is 0. The normalized spacial score (nSPS) is 11.5. The molecule has 0 saturated heterocycles. The van der Waals surface area contributed by atoms with Gasteiger partial charge >= 0.3 is 0 Å². The van der Waals surface area contributed by atoms with Gasteiger partial charge in [0.2, 0.25) is 0 Å². The van der Waals surface area contributed by atoms with Gasteiger partial charge in [0.1, 0.15) is 0 Å². The quantitative estimate of drug-likeness (QED) is 0.316. The van der Waals surface area contributed by atoms with Gasteiger partial charge in [0.05, 0.1) is 26.2 Å². The lowest BCUT2D eigenvalue weighted by Gasteiger charge is -2.39. The third-order valence-corrected chi connectivity index (χ3v) is 5.00. The zero-order valence-corrected chi connectivity index (χ0v) is 17.0. The van der Waals surface area contributed by atoms with Crippen molar-refractivity contribution in [2.45, 2.75) is 97.8 Å². The Bertz CT molecular complexity index is 212. The number of halogens is 1. The van der Waals surface area contributed by atoms with Crippen LogP contribution in [0.15, 0.2) is 0 Å². The Balaban J connectivity index is 0. The molecule has 23 heavy (non-hydrogen) atoms. The summed E-state index contributed by atoms with van der Waals surface area (Å²) in [5, 5.41) is 9.12. The lowest BCUT2D eigenvalue weighted by Crippen LogP contribution is -3.00. The number of unbranched alkanes of at least 4 members (excludes halogenated alkanes) is 8. The van der Waals surface area contributed by atoms with Gasteiger partial charge in [-0.25, -0.2) is 0 Å². The number of aliphatic hydroxyl groups excluding tert-OH is 1. The third kappa shape index (κ3) is 14.3. The Morgan fingerprint density at radius 2 is 0.913 bits per heavy atom. The molecule has 0 heterocycles. The maximum absolute atomic E-state index is 9.12. The van der Waals surface area contributed by atoms with Gasteiger partial charge in [-0.2, -0.15) is 0 Å². The predicted molar refractivity (Wildman–Crippen MR) is 99.2 cm³/mol. The van der Waals surface area contributed by atoms with E-state index in [1.165, 1.54) is 101 Å². The molecule has 1 N–H and O–H groups in total. The van der Waals surface area contributed by atoms with Gasteiger partial charge in [0.25, 0.3) is 0 Å². The van der Waals surface area contributed by atoms with Crippen LogP contribution in [0.25, 0.3) is 0 Å². The van der Waals surface area contributed by atoms with Gasteiger partial charge in [-0.1, -0.05) is 52.9 Å². The highest BCUT2D eigenvalue weighted by Gasteiger charge is 2.25. The molecule has 0 aromatic heterocycles. The van der Waals surface area contributed by atoms with Crippen molar-refractivity contribution in [1.29, 1.82) is 0 Å². The molecule has 0 bridgehead atoms. The highest BCUT2D eigenvalue weighted by atomic mass is 35.5. The first-order valence-corrected chi connectivity index (χ1v) is 10.2. The second kappa shape index (κ2) is 18.5. The van der Waals surface area contributed by atoms with Crippen LogP contribution >= 0.6 is 0 Å². The maximum Gasteiger partial charge on any atom is 0.0787 e. The Hall–Kier alpha value is 0.210. The molecule has 0 aliphatic rings. The van der Waals surface area contributed by atoms with Gasteiger partial charge in [0, 0.05) is 6.61 Å². The molecular formula is C20H44ClNO. The molecule has 0 radical (unpaired) electrons. The first-order chi connectivity index (χ1) is 10.7. The highest BCUT2D eigenvalue weighted by molar-refractivity contribution is 4.52. The Morgan fingerprint density at radius 3 is 1.30 bits per heavy atom. The van der Waals surface area contributed by atoms with Crippen molar-refractivity contribution < 1.29 is 22.0 Å². The van der Waals surface area contributed by atoms with Gasteiger partial charge in [0.15, 0.2) is 0 Å². The number of hydrogen-bond donors (Lipinski definition) is 1. The lowest BCUT2D eigenvalue weighted by atomic mass is 10.1. The number of rotatable bonds is 17. The molecule has 2 nitrogen and oxygen atoms in total. The van der Waals surface area contributed by atoms with Crippen molar-refractivity contribution in [3.05, 3.63) is 0 Å². The second-order valence-electron chi connectivity index (χ2n) is 7.14. The minimum Gasteiger partial charge on any atom is -1.00 e. The third-order valence-electron chi connectivity index (χ3n) is 5.00. The van der Waals surface area contributed by atoms with Gasteiger partial charge in [-0.05, 0) is 44.9 Å². The molecule has 0 aliphatic heterocycles. The standard InChI is InChI=1S/C20H44NO.ClH/c1-4-7-10-12-17-21(16-9-6-3,19-14-15-20-22)18-13-11-8-5-2;/h22H,4-20H2,1-3H3;1H/q+1;/p-1. The number of aliphatic hydroxyl groups is 1. The fourth-order valence-electron chi connectivity index (χ4n) is 3.47. The fraction of sp³-hybridized carbons (Fsp3) is 1.00. The summed E-state index contributed by atoms with van der Waals surface area (Å²) in [6, 6.07) is 0. The van der Waals surface area contributed by atoms with Gasteiger partial charge in [-0.15, -0.1) is 0 Å². The van der Waals surface area contributed by atoms with Crippen LogP contribution in [0.4, 0.5) is 0 Å². The van der Waals surface area contributed by atoms with Crippen molar-refractivity contribution in [3.8, 4) is 0 Å². The smallest absolute Gasteiger partial charge is 0.0787 e. The molecule has 0 aliphatic carbocycles. The van der Waals surface area contributed by atoms with E-state index >= 15 is 0 Å². The molecule has 0 saturated carbocycles. The van der Waals surface area contributed by atoms with E-state index in [9.17, 15) is 0 Å². The van der Waals surface area contributed by atoms with Gasteiger partial charge in [-0.3, -0.25) is 0 Å². The molecule has 0 aromatic rings. The average Bonchev–Trinajstić information content (AvgIpc) is 2.54. The molecule has 142 valence electrons. The molecule has 0 aromatic carbocycles. The van der Waals surface area contributed by atoms with Crippen LogP contribution in [0.3, 0.4) is 0 Å². The monoisotopic (exact) mass is 349 g/mol. The zero-order chi connectivity index (χ0) is 16.5. The summed E-state index contributed by atoms with van der Waals surface area (Å²) >= 11 is 0. The van der Waals surface area contributed by atoms with Crippen LogP contribution in [0.1, 0.15) is 97.8 Å². The Morgan fingerprint density at radius 1 is 0.522 bits per heavy atom. The molecule has 0 spiro atoms. The van der Waals surface area contributed by atoms with E-state index in [4.69, 9.17) is 5.11 Å². The van der Waals surface area contributed by atoms with Crippen molar-refractivity contribution >= 4 is 0 Å². The summed E-state index contributed by atoms with van der Waals surface area (Å²) in [5.74, 6) is 0. The molecular weight excluding hydrogens is 306 g/mol. The topological polar surface area (TPSA) is 20.2 Å². The number of quaternary nitrogens is 1. The average molecular weight is 350 g/mol. The van der Waals surface area contributed by atoms with Crippen molar-refractivity contribution in [2.75, 3.05) is 32.8 Å². The molecule has 0 rings (SSSR count). The van der Waals surface area contributed by atoms with E-state index in [0.29, 0.717) is 6.61 Å². The lowest BCUT2D eigenvalue weighted by molar-refractivity contribution is -0.929. The van der Waals surface area contributed by atoms with E-state index in [2.05, 4.69) is 20.8 Å². The highest BCUT2D eigenvalue weighted by Crippen LogP contribution is 2.18. The minimum atomic E-state index is 0. The minimum absolute atomic E-state index is 0. The van der Waals surface area contributed by atoms with Crippen molar-refractivity contribution in [2.24, 2.45) is 0 Å². The van der Waals surface area contributed by atoms with Crippen LogP contribution in [-0.2, 0) is 0 Å². The first kappa shape index (κ1) is 25.5. The van der Waals surface area contributed by atoms with Gasteiger partial charge < -0.3 is 22.0 Å². The van der Waals surface area contributed by atoms with E-state index < -0.39 is 0 Å². The molecule has 3 heteroatoms. The summed E-state index contributed by atoms with van der Waals surface area (Å²) in [6.45, 7) is 12.7. The predicted octanol–water partition coefficient (Wildman–Crippen LogP) is 2.54. The van der Waals surface area contributed by atoms with E-state index in [0.717, 1.165) is 6.42 Å². The van der Waals surface area contributed by atoms with Crippen LogP contribution in [0.2, 0.25) is 0 Å². The largest absolute Gasteiger partial charge is 1.00 e. The number of nitrogens with zero attached hydrogens (tertiary/aromatic N) is 1. The van der Waals surface area contributed by atoms with E-state index in [1.807, 2.05) is 0 Å². The summed E-state index contributed by atoms with van der Waals surface area (Å²) in [6.07, 6.45) is 15.9. The second-order valence-corrected chi connectivity index (χ2v) is 7.14. The molecule has 0 fully saturated rings. The van der Waals surface area contributed by atoms with Crippen molar-refractivity contribution in [1.82, 2.24) is 0 Å². The van der Waals surface area contributed by atoms with E-state index in [-0.39, 0.29) is 12.4 Å². The Labute approximate surface area is 153 Å². The first-order valence-electron chi connectivity index (χ1n) is 10.2. The zero-order valence-electron chi connectivity index (χ0n) is 16.3. The van der Waals surface area contributed by atoms with Crippen molar-refractivity contribution in [3.63, 3.8) is 0 Å².